The van der Waals surface area contributed by atoms with E-state index in [9.17, 15) is 0 Å². The van der Waals surface area contributed by atoms with Gasteiger partial charge >= 0.3 is 314 Å². The molecular weight excluding hydrogens is 791 g/mol. The Kier molecular flexibility index (Phi) is 10.2. The van der Waals surface area contributed by atoms with Crippen LogP contribution in [0.4, 0.5) is 0 Å². The second-order valence-electron chi connectivity index (χ2n) is 16.7. The number of fused-ring (bicyclic) bond motifs is 4. The fourth-order valence-electron chi connectivity index (χ4n) is 10.2. The van der Waals surface area contributed by atoms with Crippen molar-refractivity contribution in [3.8, 4) is 33.4 Å². The van der Waals surface area contributed by atoms with Crippen LogP contribution < -0.4 is 0 Å². The van der Waals surface area contributed by atoms with E-state index in [-0.39, 0.29) is 24.8 Å². The molecule has 0 N–H and O–H groups in total. The molecule has 0 saturated carbocycles. The van der Waals surface area contributed by atoms with E-state index in [0.29, 0.717) is 13.2 Å². The van der Waals surface area contributed by atoms with Crippen molar-refractivity contribution in [3.63, 3.8) is 0 Å². The summed E-state index contributed by atoms with van der Waals surface area (Å²) >= 11 is -3.88. The Labute approximate surface area is 335 Å². The Morgan fingerprint density at radius 3 is 1.70 bits per heavy atom. The van der Waals surface area contributed by atoms with Crippen LogP contribution in [0.15, 0.2) is 157 Å². The summed E-state index contributed by atoms with van der Waals surface area (Å²) in [4.78, 5) is 0. The molecule has 9 rings (SSSR count). The van der Waals surface area contributed by atoms with Gasteiger partial charge in [-0.25, -0.2) is 0 Å². The molecule has 2 atom stereocenters. The number of halogens is 2. The van der Waals surface area contributed by atoms with Gasteiger partial charge in [0.1, 0.15) is 0 Å². The first-order chi connectivity index (χ1) is 25.1. The molecule has 0 heterocycles. The minimum absolute atomic E-state index is 0. The maximum absolute atomic E-state index is 3.88. The van der Waals surface area contributed by atoms with Crippen LogP contribution in [0.1, 0.15) is 50.3 Å². The predicted octanol–water partition coefficient (Wildman–Crippen LogP) is 14.4. The van der Waals surface area contributed by atoms with E-state index in [1.54, 1.807) is 11.1 Å². The molecule has 0 nitrogen and oxygen atoms in total. The summed E-state index contributed by atoms with van der Waals surface area (Å²) in [5.74, 6) is 0.469. The standard InChI is InChI=1S/C30H21.C18H17.2CH3.2ClH.H2Si.Zr/c1-20-16-23-18-24(27-14-6-10-21-8-2-4-12-25(21)27)19-30(29(23)17-20)28-15-7-11-22-9-3-5-13-26(22)28;1-13(2)16-11-15-9-6-10-17(18(15)12-16)14-7-4-3-5-8-14;;;;;;/h2-19H,1H3;3-13H,1-2H3;2*1H3;2*1H;1H2;. The summed E-state index contributed by atoms with van der Waals surface area (Å²) in [5.41, 5.74) is 17.1. The monoisotopic (exact) mass is 836 g/mol. The molecule has 0 spiro atoms. The Bertz CT molecular complexity index is 2700. The van der Waals surface area contributed by atoms with Crippen LogP contribution in [0.5, 0.6) is 0 Å². The smallest absolute Gasteiger partial charge is 0.147 e. The number of rotatable bonds is 6. The first-order valence-electron chi connectivity index (χ1n) is 18.9. The Hall–Kier alpha value is -3.78. The van der Waals surface area contributed by atoms with E-state index in [1.165, 1.54) is 77.2 Å². The van der Waals surface area contributed by atoms with Crippen LogP contribution in [0.2, 0.25) is 9.26 Å². The summed E-state index contributed by atoms with van der Waals surface area (Å²) in [7, 11) is 0. The van der Waals surface area contributed by atoms with Crippen molar-refractivity contribution >= 4 is 65.4 Å². The SMILES string of the molecule is CC1=Cc2c(-c3cccc4ccccc34)cc(-c3cccc4ccccc34)cc2[CH]1[Zr]([CH3])([CH3])(=[SiH2])[CH]1C(C(C)C)=Cc2c(-c3ccccc3)cccc21.Cl.Cl. The van der Waals surface area contributed by atoms with Crippen molar-refractivity contribution in [3.05, 3.63) is 179 Å². The molecule has 4 heteroatoms. The zero-order chi connectivity index (χ0) is 35.8. The van der Waals surface area contributed by atoms with Crippen LogP contribution in [0.3, 0.4) is 0 Å². The fraction of sp³-hybridized carbons (Fsp3) is 0.160. The minimum atomic E-state index is -3.88. The average Bonchev–Trinajstić information content (AvgIpc) is 3.74. The summed E-state index contributed by atoms with van der Waals surface area (Å²) in [6.45, 7) is 9.74. The van der Waals surface area contributed by atoms with Gasteiger partial charge in [-0.3, -0.25) is 0 Å². The van der Waals surface area contributed by atoms with E-state index >= 15 is 0 Å². The van der Waals surface area contributed by atoms with Crippen LogP contribution >= 0.6 is 24.8 Å². The molecule has 270 valence electrons. The molecular formula is C50H48Cl2SiZr. The molecule has 2 unspecified atom stereocenters. The van der Waals surface area contributed by atoms with Crippen molar-refractivity contribution in [1.82, 2.24) is 0 Å². The van der Waals surface area contributed by atoms with Crippen LogP contribution in [0, 0.1) is 5.92 Å². The number of hydrogen-bond donors (Lipinski definition) is 0. The van der Waals surface area contributed by atoms with Gasteiger partial charge in [0.15, 0.2) is 0 Å². The van der Waals surface area contributed by atoms with Crippen molar-refractivity contribution in [2.24, 2.45) is 5.92 Å². The van der Waals surface area contributed by atoms with Gasteiger partial charge in [-0.1, -0.05) is 0 Å². The molecule has 0 saturated heterocycles. The fourth-order valence-corrected chi connectivity index (χ4v) is 30.8. The van der Waals surface area contributed by atoms with Gasteiger partial charge in [-0.2, -0.15) is 0 Å². The van der Waals surface area contributed by atoms with Gasteiger partial charge < -0.3 is 0 Å². The Morgan fingerprint density at radius 2 is 1.04 bits per heavy atom. The number of benzene rings is 7. The van der Waals surface area contributed by atoms with E-state index in [1.807, 2.05) is 0 Å². The number of hydrogen-bond acceptors (Lipinski definition) is 0. The molecule has 7 aromatic rings. The summed E-state index contributed by atoms with van der Waals surface area (Å²) < 4.78 is 6.44. The molecule has 0 aromatic heterocycles. The van der Waals surface area contributed by atoms with Gasteiger partial charge in [-0.05, 0) is 0 Å². The largest absolute Gasteiger partial charge is 0.147 e. The van der Waals surface area contributed by atoms with Crippen molar-refractivity contribution in [1.29, 1.82) is 0 Å². The third kappa shape index (κ3) is 6.15. The van der Waals surface area contributed by atoms with Gasteiger partial charge in [0.2, 0.25) is 0 Å². The molecule has 2 aliphatic carbocycles. The predicted molar refractivity (Wildman–Crippen MR) is 241 cm³/mol. The van der Waals surface area contributed by atoms with Crippen molar-refractivity contribution in [2.75, 3.05) is 0 Å². The van der Waals surface area contributed by atoms with Gasteiger partial charge in [-0.15, -0.1) is 24.8 Å². The molecule has 0 aliphatic heterocycles. The first kappa shape index (κ1) is 38.5. The van der Waals surface area contributed by atoms with Crippen LogP contribution in [0.25, 0.3) is 67.1 Å². The third-order valence-corrected chi connectivity index (χ3v) is 29.9. The second kappa shape index (κ2) is 14.4. The van der Waals surface area contributed by atoms with Crippen molar-refractivity contribution < 1.29 is 17.4 Å². The molecule has 54 heavy (non-hydrogen) atoms. The maximum Gasteiger partial charge on any atom is -0.147 e. The van der Waals surface area contributed by atoms with E-state index < -0.39 is 17.4 Å². The normalized spacial score (nSPS) is 16.4. The van der Waals surface area contributed by atoms with E-state index in [2.05, 4.69) is 195 Å². The summed E-state index contributed by atoms with van der Waals surface area (Å²) in [6, 6.07) is 54.6. The first-order valence-corrected chi connectivity index (χ1v) is 32.6. The number of allylic oxidation sites excluding steroid dienone is 2. The average molecular weight is 839 g/mol. The zero-order valence-electron chi connectivity index (χ0n) is 31.8. The molecule has 7 aromatic carbocycles. The second-order valence-corrected chi connectivity index (χ2v) is 47.2. The third-order valence-electron chi connectivity index (χ3n) is 12.3. The maximum atomic E-state index is 2.78. The molecule has 0 amide bonds. The zero-order valence-corrected chi connectivity index (χ0v) is 37.3. The Balaban J connectivity index is 0.00000225. The molecule has 0 fully saturated rings. The summed E-state index contributed by atoms with van der Waals surface area (Å²) in [6.07, 6.45) is 5.18. The van der Waals surface area contributed by atoms with E-state index in [0.717, 1.165) is 0 Å². The van der Waals surface area contributed by atoms with Crippen LogP contribution in [-0.4, -0.2) is 6.88 Å². The molecule has 0 bridgehead atoms. The van der Waals surface area contributed by atoms with Crippen LogP contribution in [-0.2, 0) is 17.4 Å². The summed E-state index contributed by atoms with van der Waals surface area (Å²) in [5, 5.41) is 5.20. The van der Waals surface area contributed by atoms with Gasteiger partial charge in [0.05, 0.1) is 0 Å². The van der Waals surface area contributed by atoms with E-state index in [4.69, 9.17) is 0 Å². The Morgan fingerprint density at radius 1 is 0.500 bits per heavy atom. The van der Waals surface area contributed by atoms with Gasteiger partial charge in [0, 0.05) is 0 Å². The molecule has 2 aliphatic rings. The topological polar surface area (TPSA) is 0 Å². The minimum Gasteiger partial charge on any atom is -0.147 e. The molecule has 0 radical (unpaired) electrons. The van der Waals surface area contributed by atoms with Crippen molar-refractivity contribution in [2.45, 2.75) is 37.3 Å². The quantitative estimate of drug-likeness (QED) is 0.146. The van der Waals surface area contributed by atoms with Gasteiger partial charge in [0.25, 0.3) is 0 Å².